The maximum Gasteiger partial charge on any atom is 0.257 e. The smallest absolute Gasteiger partial charge is 0.257 e. The Morgan fingerprint density at radius 2 is 1.63 bits per heavy atom. The molecule has 0 unspecified atom stereocenters. The van der Waals surface area contributed by atoms with Gasteiger partial charge in [0, 0.05) is 50.0 Å². The highest BCUT2D eigenvalue weighted by Gasteiger charge is 2.18. The Morgan fingerprint density at radius 1 is 0.914 bits per heavy atom. The van der Waals surface area contributed by atoms with Gasteiger partial charge in [-0.2, -0.15) is 0 Å². The van der Waals surface area contributed by atoms with E-state index >= 15 is 0 Å². The summed E-state index contributed by atoms with van der Waals surface area (Å²) >= 11 is 5.33. The molecule has 0 aliphatic carbocycles. The van der Waals surface area contributed by atoms with Gasteiger partial charge in [0.1, 0.15) is 12.4 Å². The van der Waals surface area contributed by atoms with E-state index in [1.807, 2.05) is 65.6 Å². The molecular weight excluding hydrogens is 460 g/mol. The molecule has 8 heteroatoms. The van der Waals surface area contributed by atoms with E-state index in [1.54, 1.807) is 25.1 Å². The van der Waals surface area contributed by atoms with Gasteiger partial charge in [0.2, 0.25) is 5.91 Å². The van der Waals surface area contributed by atoms with E-state index in [4.69, 9.17) is 17.0 Å². The number of hydrogen-bond donors (Lipinski definition) is 2. The summed E-state index contributed by atoms with van der Waals surface area (Å²) in [7, 11) is 0. The largest absolute Gasteiger partial charge is 0.489 e. The van der Waals surface area contributed by atoms with E-state index in [9.17, 15) is 9.59 Å². The van der Waals surface area contributed by atoms with Crippen LogP contribution in [0.1, 0.15) is 22.8 Å². The molecule has 0 bridgehead atoms. The van der Waals surface area contributed by atoms with Crippen LogP contribution in [-0.4, -0.2) is 48.0 Å². The first-order valence-electron chi connectivity index (χ1n) is 11.5. The summed E-state index contributed by atoms with van der Waals surface area (Å²) in [6, 6.07) is 24.7. The Balaban J connectivity index is 1.27. The van der Waals surface area contributed by atoms with E-state index in [-0.39, 0.29) is 16.9 Å². The predicted molar refractivity (Wildman–Crippen MR) is 142 cm³/mol. The van der Waals surface area contributed by atoms with Crippen LogP contribution in [0.15, 0.2) is 78.9 Å². The Labute approximate surface area is 210 Å². The maximum atomic E-state index is 12.7. The van der Waals surface area contributed by atoms with Crippen molar-refractivity contribution in [2.24, 2.45) is 0 Å². The van der Waals surface area contributed by atoms with E-state index in [0.29, 0.717) is 17.9 Å². The topological polar surface area (TPSA) is 73.9 Å². The van der Waals surface area contributed by atoms with Crippen molar-refractivity contribution >= 4 is 40.5 Å². The lowest BCUT2D eigenvalue weighted by Crippen LogP contribution is -2.48. The minimum absolute atomic E-state index is 0.117. The molecule has 0 radical (unpaired) electrons. The number of hydrogen-bond acceptors (Lipinski definition) is 5. The highest BCUT2D eigenvalue weighted by Crippen LogP contribution is 2.20. The molecule has 1 heterocycles. The average molecular weight is 489 g/mol. The molecular formula is C27H28N4O3S. The Kier molecular flexibility index (Phi) is 7.95. The second-order valence-electron chi connectivity index (χ2n) is 8.25. The summed E-state index contributed by atoms with van der Waals surface area (Å²) in [4.78, 5) is 28.3. The van der Waals surface area contributed by atoms with Gasteiger partial charge in [0.05, 0.1) is 0 Å². The zero-order chi connectivity index (χ0) is 24.6. The maximum absolute atomic E-state index is 12.7. The summed E-state index contributed by atoms with van der Waals surface area (Å²) < 4.78 is 5.81. The number of carbonyl (C=O) groups excluding carboxylic acids is 2. The first-order valence-corrected chi connectivity index (χ1v) is 11.9. The van der Waals surface area contributed by atoms with Gasteiger partial charge in [-0.05, 0) is 60.2 Å². The van der Waals surface area contributed by atoms with Crippen molar-refractivity contribution in [2.45, 2.75) is 13.5 Å². The normalized spacial score (nSPS) is 13.2. The van der Waals surface area contributed by atoms with Crippen LogP contribution in [0.2, 0.25) is 0 Å². The summed E-state index contributed by atoms with van der Waals surface area (Å²) in [6.07, 6.45) is 0. The molecule has 0 atom stereocenters. The Morgan fingerprint density at radius 3 is 2.31 bits per heavy atom. The lowest BCUT2D eigenvalue weighted by atomic mass is 10.2. The van der Waals surface area contributed by atoms with E-state index < -0.39 is 0 Å². The molecule has 180 valence electrons. The van der Waals surface area contributed by atoms with Gasteiger partial charge in [-0.15, -0.1) is 0 Å². The summed E-state index contributed by atoms with van der Waals surface area (Å²) in [5, 5.41) is 5.99. The van der Waals surface area contributed by atoms with Crippen LogP contribution in [0, 0.1) is 0 Å². The van der Waals surface area contributed by atoms with Crippen molar-refractivity contribution in [3.8, 4) is 5.75 Å². The van der Waals surface area contributed by atoms with Crippen LogP contribution in [0.5, 0.6) is 5.75 Å². The molecule has 1 aliphatic rings. The highest BCUT2D eigenvalue weighted by molar-refractivity contribution is 7.80. The van der Waals surface area contributed by atoms with Gasteiger partial charge >= 0.3 is 0 Å². The zero-order valence-electron chi connectivity index (χ0n) is 19.6. The molecule has 1 aliphatic heterocycles. The van der Waals surface area contributed by atoms with Crippen LogP contribution in [0.4, 0.5) is 11.4 Å². The number of rotatable bonds is 6. The number of nitrogens with one attached hydrogen (secondary N) is 2. The lowest BCUT2D eigenvalue weighted by molar-refractivity contribution is -0.129. The fraction of sp³-hybridized carbons (Fsp3) is 0.222. The number of carbonyl (C=O) groups is 2. The molecule has 0 saturated carbocycles. The van der Waals surface area contributed by atoms with Crippen LogP contribution < -0.4 is 20.3 Å². The third-order valence-electron chi connectivity index (χ3n) is 5.79. The molecule has 0 spiro atoms. The van der Waals surface area contributed by atoms with Crippen molar-refractivity contribution in [3.63, 3.8) is 0 Å². The van der Waals surface area contributed by atoms with Gasteiger partial charge in [0.25, 0.3) is 5.91 Å². The van der Waals surface area contributed by atoms with Crippen molar-refractivity contribution in [2.75, 3.05) is 36.4 Å². The number of piperazine rings is 1. The van der Waals surface area contributed by atoms with Crippen molar-refractivity contribution in [1.82, 2.24) is 10.2 Å². The second-order valence-corrected chi connectivity index (χ2v) is 8.66. The van der Waals surface area contributed by atoms with Gasteiger partial charge in [-0.25, -0.2) is 0 Å². The van der Waals surface area contributed by atoms with Crippen LogP contribution in [0.3, 0.4) is 0 Å². The van der Waals surface area contributed by atoms with Crippen molar-refractivity contribution in [3.05, 3.63) is 90.0 Å². The minimum Gasteiger partial charge on any atom is -0.489 e. The molecule has 1 fully saturated rings. The first-order chi connectivity index (χ1) is 17.0. The number of anilines is 2. The molecule has 0 aromatic heterocycles. The van der Waals surface area contributed by atoms with E-state index in [1.165, 1.54) is 0 Å². The molecule has 3 aromatic rings. The standard InChI is InChI=1S/C27H28N4O3S/c1-20(32)30-14-16-31(17-15-30)24-12-10-23(11-13-24)28-27(35)29-26(33)22-8-5-9-25(18-22)34-19-21-6-3-2-4-7-21/h2-13,18H,14-17,19H2,1H3,(H2,28,29,33,35). The Hall–Kier alpha value is -3.91. The Bertz CT molecular complexity index is 1180. The predicted octanol–water partition coefficient (Wildman–Crippen LogP) is 4.06. The number of nitrogens with zero attached hydrogens (tertiary/aromatic N) is 2. The quantitative estimate of drug-likeness (QED) is 0.510. The molecule has 4 rings (SSSR count). The molecule has 2 amide bonds. The number of benzene rings is 3. The van der Waals surface area contributed by atoms with E-state index in [2.05, 4.69) is 15.5 Å². The fourth-order valence-electron chi connectivity index (χ4n) is 3.84. The number of thiocarbonyl (C=S) groups is 1. The fourth-order valence-corrected chi connectivity index (χ4v) is 4.05. The number of amides is 2. The lowest BCUT2D eigenvalue weighted by Gasteiger charge is -2.35. The van der Waals surface area contributed by atoms with Crippen LogP contribution in [0.25, 0.3) is 0 Å². The van der Waals surface area contributed by atoms with E-state index in [0.717, 1.165) is 43.1 Å². The SMILES string of the molecule is CC(=O)N1CCN(c2ccc(NC(=S)NC(=O)c3cccc(OCc4ccccc4)c3)cc2)CC1. The highest BCUT2D eigenvalue weighted by atomic mass is 32.1. The van der Waals surface area contributed by atoms with Gasteiger partial charge in [0.15, 0.2) is 5.11 Å². The molecule has 2 N–H and O–H groups in total. The van der Waals surface area contributed by atoms with Crippen LogP contribution in [-0.2, 0) is 11.4 Å². The van der Waals surface area contributed by atoms with Crippen molar-refractivity contribution < 1.29 is 14.3 Å². The molecule has 35 heavy (non-hydrogen) atoms. The zero-order valence-corrected chi connectivity index (χ0v) is 20.4. The van der Waals surface area contributed by atoms with Crippen molar-refractivity contribution in [1.29, 1.82) is 0 Å². The minimum atomic E-state index is -0.312. The average Bonchev–Trinajstić information content (AvgIpc) is 2.88. The molecule has 7 nitrogen and oxygen atoms in total. The van der Waals surface area contributed by atoms with Gasteiger partial charge in [-0.1, -0.05) is 36.4 Å². The third kappa shape index (κ3) is 6.80. The van der Waals surface area contributed by atoms with Gasteiger partial charge in [-0.3, -0.25) is 14.9 Å². The second kappa shape index (κ2) is 11.5. The number of ether oxygens (including phenoxy) is 1. The monoisotopic (exact) mass is 488 g/mol. The molecule has 1 saturated heterocycles. The van der Waals surface area contributed by atoms with Gasteiger partial charge < -0.3 is 19.9 Å². The summed E-state index contributed by atoms with van der Waals surface area (Å²) in [5.74, 6) is 0.416. The van der Waals surface area contributed by atoms with Crippen LogP contribution >= 0.6 is 12.2 Å². The summed E-state index contributed by atoms with van der Waals surface area (Å²) in [5.41, 5.74) is 3.37. The summed E-state index contributed by atoms with van der Waals surface area (Å²) in [6.45, 7) is 5.08. The first kappa shape index (κ1) is 24.2. The third-order valence-corrected chi connectivity index (χ3v) is 5.99. The molecule has 3 aromatic carbocycles.